The van der Waals surface area contributed by atoms with Crippen molar-refractivity contribution in [2.45, 2.75) is 57.9 Å². The van der Waals surface area contributed by atoms with Crippen LogP contribution in [0.15, 0.2) is 12.1 Å². The molecular formula is C16H22ClN3. The average Bonchev–Trinajstić information content (AvgIpc) is 2.85. The highest BCUT2D eigenvalue weighted by molar-refractivity contribution is 6.16. The topological polar surface area (TPSA) is 30.7 Å². The normalized spacial score (nSPS) is 23.4. The summed E-state index contributed by atoms with van der Waals surface area (Å²) < 4.78 is 2.31. The van der Waals surface area contributed by atoms with Gasteiger partial charge in [-0.3, -0.25) is 0 Å². The average molecular weight is 292 g/mol. The SMILES string of the molecule is CCC1CCC(n2c(CCl)nc3ccc(C)nc32)CC1. The first-order valence-corrected chi connectivity index (χ1v) is 8.16. The van der Waals surface area contributed by atoms with E-state index in [2.05, 4.69) is 22.5 Å². The van der Waals surface area contributed by atoms with Crippen LogP contribution < -0.4 is 0 Å². The molecule has 3 rings (SSSR count). The van der Waals surface area contributed by atoms with Crippen LogP contribution in [0.3, 0.4) is 0 Å². The Hall–Kier alpha value is -1.09. The number of hydrogen-bond donors (Lipinski definition) is 0. The van der Waals surface area contributed by atoms with Crippen LogP contribution in [0.1, 0.15) is 56.6 Å². The van der Waals surface area contributed by atoms with Gasteiger partial charge in [-0.2, -0.15) is 0 Å². The lowest BCUT2D eigenvalue weighted by Gasteiger charge is -2.29. The number of halogens is 1. The Morgan fingerprint density at radius 2 is 1.95 bits per heavy atom. The van der Waals surface area contributed by atoms with E-state index in [1.165, 1.54) is 32.1 Å². The molecule has 1 fully saturated rings. The first-order chi connectivity index (χ1) is 9.72. The molecule has 1 aliphatic carbocycles. The molecule has 0 spiro atoms. The second-order valence-corrected chi connectivity index (χ2v) is 6.18. The fourth-order valence-corrected chi connectivity index (χ4v) is 3.59. The minimum atomic E-state index is 0.461. The monoisotopic (exact) mass is 291 g/mol. The molecule has 3 nitrogen and oxygen atoms in total. The van der Waals surface area contributed by atoms with Crippen LogP contribution in [0.2, 0.25) is 0 Å². The largest absolute Gasteiger partial charge is 0.309 e. The van der Waals surface area contributed by atoms with Gasteiger partial charge in [0.2, 0.25) is 0 Å². The zero-order chi connectivity index (χ0) is 14.1. The number of pyridine rings is 1. The lowest BCUT2D eigenvalue weighted by atomic mass is 9.84. The Morgan fingerprint density at radius 1 is 1.20 bits per heavy atom. The summed E-state index contributed by atoms with van der Waals surface area (Å²) in [5.74, 6) is 2.33. The number of fused-ring (bicyclic) bond motifs is 1. The molecule has 1 saturated carbocycles. The minimum Gasteiger partial charge on any atom is -0.309 e. The van der Waals surface area contributed by atoms with Gasteiger partial charge in [-0.25, -0.2) is 9.97 Å². The Bertz CT molecular complexity index is 597. The Labute approximate surface area is 125 Å². The van der Waals surface area contributed by atoms with Crippen molar-refractivity contribution in [3.8, 4) is 0 Å². The predicted molar refractivity (Wildman–Crippen MR) is 83.1 cm³/mol. The van der Waals surface area contributed by atoms with Crippen LogP contribution in [0, 0.1) is 12.8 Å². The number of rotatable bonds is 3. The Balaban J connectivity index is 1.99. The maximum absolute atomic E-state index is 6.11. The van der Waals surface area contributed by atoms with Gasteiger partial charge in [-0.1, -0.05) is 13.3 Å². The lowest BCUT2D eigenvalue weighted by Crippen LogP contribution is -2.19. The van der Waals surface area contributed by atoms with Gasteiger partial charge < -0.3 is 4.57 Å². The Kier molecular flexibility index (Phi) is 3.97. The summed E-state index contributed by atoms with van der Waals surface area (Å²) in [7, 11) is 0. The van der Waals surface area contributed by atoms with Crippen LogP contribution in [0.25, 0.3) is 11.2 Å². The van der Waals surface area contributed by atoms with Crippen molar-refractivity contribution in [2.75, 3.05) is 0 Å². The minimum absolute atomic E-state index is 0.461. The van der Waals surface area contributed by atoms with E-state index in [1.54, 1.807) is 0 Å². The smallest absolute Gasteiger partial charge is 0.160 e. The van der Waals surface area contributed by atoms with Gasteiger partial charge in [0.25, 0.3) is 0 Å². The third-order valence-corrected chi connectivity index (χ3v) is 4.87. The quantitative estimate of drug-likeness (QED) is 0.773. The lowest BCUT2D eigenvalue weighted by molar-refractivity contribution is 0.270. The molecule has 2 heterocycles. The molecule has 0 unspecified atom stereocenters. The number of nitrogens with zero attached hydrogens (tertiary/aromatic N) is 3. The number of hydrogen-bond acceptors (Lipinski definition) is 2. The van der Waals surface area contributed by atoms with Gasteiger partial charge in [0.1, 0.15) is 11.3 Å². The highest BCUT2D eigenvalue weighted by atomic mass is 35.5. The third-order valence-electron chi connectivity index (χ3n) is 4.63. The molecule has 0 saturated heterocycles. The number of imidazole rings is 1. The summed E-state index contributed by atoms with van der Waals surface area (Å²) in [6, 6.07) is 4.60. The maximum Gasteiger partial charge on any atom is 0.160 e. The highest BCUT2D eigenvalue weighted by Gasteiger charge is 2.25. The molecule has 4 heteroatoms. The van der Waals surface area contributed by atoms with Gasteiger partial charge in [-0.05, 0) is 50.7 Å². The van der Waals surface area contributed by atoms with E-state index < -0.39 is 0 Å². The molecule has 2 aromatic heterocycles. The van der Waals surface area contributed by atoms with E-state index in [-0.39, 0.29) is 0 Å². The van der Waals surface area contributed by atoms with Crippen LogP contribution >= 0.6 is 11.6 Å². The zero-order valence-electron chi connectivity index (χ0n) is 12.3. The fourth-order valence-electron chi connectivity index (χ4n) is 3.40. The van der Waals surface area contributed by atoms with Crippen molar-refractivity contribution >= 4 is 22.8 Å². The fraction of sp³-hybridized carbons (Fsp3) is 0.625. The van der Waals surface area contributed by atoms with Gasteiger partial charge in [0, 0.05) is 11.7 Å². The van der Waals surface area contributed by atoms with E-state index in [4.69, 9.17) is 16.6 Å². The van der Waals surface area contributed by atoms with E-state index >= 15 is 0 Å². The Morgan fingerprint density at radius 3 is 2.60 bits per heavy atom. The summed E-state index contributed by atoms with van der Waals surface area (Å²) in [4.78, 5) is 9.36. The van der Waals surface area contributed by atoms with Gasteiger partial charge in [0.05, 0.1) is 5.88 Å². The first-order valence-electron chi connectivity index (χ1n) is 7.63. The molecule has 0 aromatic carbocycles. The molecule has 0 atom stereocenters. The molecule has 0 amide bonds. The predicted octanol–water partition coefficient (Wildman–Crippen LogP) is 4.62. The summed E-state index contributed by atoms with van der Waals surface area (Å²) >= 11 is 6.11. The van der Waals surface area contributed by atoms with E-state index in [0.717, 1.165) is 28.6 Å². The molecular weight excluding hydrogens is 270 g/mol. The second kappa shape index (κ2) is 5.72. The molecule has 1 aliphatic rings. The van der Waals surface area contributed by atoms with Gasteiger partial charge in [0.15, 0.2) is 5.65 Å². The number of aryl methyl sites for hydroxylation is 1. The third kappa shape index (κ3) is 2.44. The highest BCUT2D eigenvalue weighted by Crippen LogP contribution is 2.36. The van der Waals surface area contributed by atoms with Crippen molar-refractivity contribution in [3.05, 3.63) is 23.7 Å². The zero-order valence-corrected chi connectivity index (χ0v) is 13.0. The number of alkyl halides is 1. The van der Waals surface area contributed by atoms with E-state index in [1.807, 2.05) is 13.0 Å². The van der Waals surface area contributed by atoms with Crippen LogP contribution in [-0.2, 0) is 5.88 Å². The molecule has 2 aromatic rings. The molecule has 0 aliphatic heterocycles. The summed E-state index contributed by atoms with van der Waals surface area (Å²) in [5.41, 5.74) is 3.03. The van der Waals surface area contributed by atoms with Crippen LogP contribution in [-0.4, -0.2) is 14.5 Å². The summed E-state index contributed by atoms with van der Waals surface area (Å²) in [5, 5.41) is 0. The van der Waals surface area contributed by atoms with Crippen LogP contribution in [0.5, 0.6) is 0 Å². The van der Waals surface area contributed by atoms with Crippen molar-refractivity contribution in [2.24, 2.45) is 5.92 Å². The van der Waals surface area contributed by atoms with Crippen molar-refractivity contribution in [1.29, 1.82) is 0 Å². The van der Waals surface area contributed by atoms with Crippen molar-refractivity contribution in [3.63, 3.8) is 0 Å². The molecule has 108 valence electrons. The molecule has 20 heavy (non-hydrogen) atoms. The van der Waals surface area contributed by atoms with E-state index in [0.29, 0.717) is 11.9 Å². The first kappa shape index (κ1) is 13.9. The standard InChI is InChI=1S/C16H22ClN3/c1-3-12-5-7-13(8-6-12)20-15(10-17)19-14-9-4-11(2)18-16(14)20/h4,9,12-13H,3,5-8,10H2,1-2H3. The molecule has 0 bridgehead atoms. The molecule has 0 radical (unpaired) electrons. The molecule has 0 N–H and O–H groups in total. The van der Waals surface area contributed by atoms with Crippen molar-refractivity contribution < 1.29 is 0 Å². The maximum atomic E-state index is 6.11. The van der Waals surface area contributed by atoms with Crippen molar-refractivity contribution in [1.82, 2.24) is 14.5 Å². The number of aromatic nitrogens is 3. The van der Waals surface area contributed by atoms with Crippen LogP contribution in [0.4, 0.5) is 0 Å². The summed E-state index contributed by atoms with van der Waals surface area (Å²) in [6.45, 7) is 4.33. The second-order valence-electron chi connectivity index (χ2n) is 5.91. The van der Waals surface area contributed by atoms with Gasteiger partial charge in [-0.15, -0.1) is 11.6 Å². The van der Waals surface area contributed by atoms with E-state index in [9.17, 15) is 0 Å². The van der Waals surface area contributed by atoms with Gasteiger partial charge >= 0.3 is 0 Å². The summed E-state index contributed by atoms with van der Waals surface area (Å²) in [6.07, 6.45) is 6.38.